The van der Waals surface area contributed by atoms with Crippen LogP contribution in [0.25, 0.3) is 0 Å². The fourth-order valence-corrected chi connectivity index (χ4v) is 0.200. The molecule has 0 heterocycles. The van der Waals surface area contributed by atoms with Crippen molar-refractivity contribution in [1.82, 2.24) is 0 Å². The zero-order valence-corrected chi connectivity index (χ0v) is 6.59. The Balaban J connectivity index is -0.000000196. The standard InChI is InChI=1S/C6H8O2.C2H6.CH4/c1-3-6(7)5-8-4-2;1-2;/h3-4H,1-2,5H2;1-2H3;1H4. The molecule has 0 radical (unpaired) electrons. The quantitative estimate of drug-likeness (QED) is 0.464. The summed E-state index contributed by atoms with van der Waals surface area (Å²) in [5.41, 5.74) is 0. The van der Waals surface area contributed by atoms with Gasteiger partial charge >= 0.3 is 0 Å². The molecule has 0 bridgehead atoms. The van der Waals surface area contributed by atoms with Crippen molar-refractivity contribution in [2.75, 3.05) is 6.61 Å². The molecular formula is C9H18O2. The minimum atomic E-state index is -0.134. The van der Waals surface area contributed by atoms with Crippen LogP contribution in [0.4, 0.5) is 0 Å². The third-order valence-electron chi connectivity index (χ3n) is 0.571. The Bertz CT molecular complexity index is 106. The second-order valence-corrected chi connectivity index (χ2v) is 1.15. The van der Waals surface area contributed by atoms with Crippen LogP contribution < -0.4 is 0 Å². The van der Waals surface area contributed by atoms with E-state index < -0.39 is 0 Å². The van der Waals surface area contributed by atoms with Gasteiger partial charge in [-0.1, -0.05) is 34.4 Å². The summed E-state index contributed by atoms with van der Waals surface area (Å²) in [6.45, 7) is 10.6. The number of rotatable bonds is 4. The van der Waals surface area contributed by atoms with Crippen LogP contribution in [0.2, 0.25) is 0 Å². The van der Waals surface area contributed by atoms with Gasteiger partial charge in [-0.05, 0) is 6.08 Å². The van der Waals surface area contributed by atoms with Crippen molar-refractivity contribution < 1.29 is 9.53 Å². The maximum Gasteiger partial charge on any atom is 0.192 e. The number of carbonyl (C=O) groups is 1. The molecule has 0 N–H and O–H groups in total. The van der Waals surface area contributed by atoms with Crippen molar-refractivity contribution in [3.05, 3.63) is 25.5 Å². The normalized spacial score (nSPS) is 6.00. The third kappa shape index (κ3) is 17.6. The Kier molecular flexibility index (Phi) is 24.0. The van der Waals surface area contributed by atoms with Gasteiger partial charge in [0.05, 0.1) is 6.26 Å². The predicted molar refractivity (Wildman–Crippen MR) is 49.4 cm³/mol. The van der Waals surface area contributed by atoms with Crippen LogP contribution in [-0.2, 0) is 9.53 Å². The van der Waals surface area contributed by atoms with E-state index in [1.807, 2.05) is 13.8 Å². The van der Waals surface area contributed by atoms with E-state index in [2.05, 4.69) is 17.9 Å². The maximum absolute atomic E-state index is 10.3. The summed E-state index contributed by atoms with van der Waals surface area (Å²) in [6.07, 6.45) is 2.44. The molecule has 0 aliphatic rings. The van der Waals surface area contributed by atoms with Gasteiger partial charge in [0.15, 0.2) is 5.78 Å². The molecule has 11 heavy (non-hydrogen) atoms. The lowest BCUT2D eigenvalue weighted by Gasteiger charge is -1.91. The highest BCUT2D eigenvalue weighted by Gasteiger charge is 1.89. The zero-order chi connectivity index (χ0) is 8.41. The Morgan fingerprint density at radius 2 is 1.91 bits per heavy atom. The summed E-state index contributed by atoms with van der Waals surface area (Å²) in [5.74, 6) is -0.134. The van der Waals surface area contributed by atoms with Crippen LogP contribution in [0.5, 0.6) is 0 Å². The molecule has 0 spiro atoms. The molecule has 0 saturated carbocycles. The SMILES string of the molecule is C.C=COCC(=O)C=C.CC. The fourth-order valence-electron chi connectivity index (χ4n) is 0.200. The van der Waals surface area contributed by atoms with Gasteiger partial charge in [0.2, 0.25) is 0 Å². The highest BCUT2D eigenvalue weighted by molar-refractivity contribution is 5.90. The molecule has 0 aliphatic heterocycles. The fraction of sp³-hybridized carbons (Fsp3) is 0.444. The number of ether oxygens (including phenoxy) is 1. The Morgan fingerprint density at radius 1 is 1.45 bits per heavy atom. The summed E-state index contributed by atoms with van der Waals surface area (Å²) in [5, 5.41) is 0. The second kappa shape index (κ2) is 16.0. The first-order chi connectivity index (χ1) is 4.81. The Hall–Kier alpha value is -1.05. The lowest BCUT2D eigenvalue weighted by molar-refractivity contribution is -0.117. The lowest BCUT2D eigenvalue weighted by Crippen LogP contribution is -1.99. The highest BCUT2D eigenvalue weighted by Crippen LogP contribution is 1.76. The molecule has 2 nitrogen and oxygen atoms in total. The van der Waals surface area contributed by atoms with Gasteiger partial charge in [0, 0.05) is 0 Å². The molecule has 0 aromatic carbocycles. The average Bonchev–Trinajstić information content (AvgIpc) is 2.04. The first kappa shape index (κ1) is 16.5. The smallest absolute Gasteiger partial charge is 0.192 e. The Labute approximate surface area is 69.6 Å². The highest BCUT2D eigenvalue weighted by atomic mass is 16.5. The zero-order valence-electron chi connectivity index (χ0n) is 6.59. The summed E-state index contributed by atoms with van der Waals surface area (Å²) in [7, 11) is 0. The number of hydrogen-bond acceptors (Lipinski definition) is 2. The Morgan fingerprint density at radius 3 is 2.18 bits per heavy atom. The first-order valence-corrected chi connectivity index (χ1v) is 3.19. The van der Waals surface area contributed by atoms with Crippen LogP contribution in [0, 0.1) is 0 Å². The van der Waals surface area contributed by atoms with Crippen molar-refractivity contribution in [3.8, 4) is 0 Å². The minimum Gasteiger partial charge on any atom is -0.494 e. The second-order valence-electron chi connectivity index (χ2n) is 1.15. The molecule has 2 heteroatoms. The van der Waals surface area contributed by atoms with Crippen LogP contribution in [-0.4, -0.2) is 12.4 Å². The molecule has 0 aromatic heterocycles. The predicted octanol–water partition coefficient (Wildman–Crippen LogP) is 2.56. The van der Waals surface area contributed by atoms with Crippen molar-refractivity contribution in [2.24, 2.45) is 0 Å². The summed E-state index contributed by atoms with van der Waals surface area (Å²) in [4.78, 5) is 10.3. The van der Waals surface area contributed by atoms with Crippen LogP contribution >= 0.6 is 0 Å². The van der Waals surface area contributed by atoms with E-state index in [-0.39, 0.29) is 19.8 Å². The molecular weight excluding hydrogens is 140 g/mol. The monoisotopic (exact) mass is 158 g/mol. The third-order valence-corrected chi connectivity index (χ3v) is 0.571. The van der Waals surface area contributed by atoms with E-state index in [4.69, 9.17) is 0 Å². The van der Waals surface area contributed by atoms with E-state index in [9.17, 15) is 4.79 Å². The number of carbonyl (C=O) groups excluding carboxylic acids is 1. The number of hydrogen-bond donors (Lipinski definition) is 0. The van der Waals surface area contributed by atoms with Gasteiger partial charge in [-0.15, -0.1) is 0 Å². The molecule has 0 fully saturated rings. The topological polar surface area (TPSA) is 26.3 Å². The first-order valence-electron chi connectivity index (χ1n) is 3.19. The van der Waals surface area contributed by atoms with E-state index >= 15 is 0 Å². The van der Waals surface area contributed by atoms with Gasteiger partial charge < -0.3 is 4.74 Å². The van der Waals surface area contributed by atoms with Gasteiger partial charge in [-0.2, -0.15) is 0 Å². The van der Waals surface area contributed by atoms with Crippen molar-refractivity contribution in [1.29, 1.82) is 0 Å². The van der Waals surface area contributed by atoms with Gasteiger partial charge in [-0.25, -0.2) is 0 Å². The number of ketones is 1. The largest absolute Gasteiger partial charge is 0.494 e. The van der Waals surface area contributed by atoms with Crippen molar-refractivity contribution >= 4 is 5.78 Å². The van der Waals surface area contributed by atoms with E-state index in [0.717, 1.165) is 0 Å². The molecule has 0 aliphatic carbocycles. The molecule has 0 atom stereocenters. The molecule has 0 saturated heterocycles. The molecule has 0 aromatic rings. The van der Waals surface area contributed by atoms with Crippen LogP contribution in [0.15, 0.2) is 25.5 Å². The van der Waals surface area contributed by atoms with Crippen molar-refractivity contribution in [2.45, 2.75) is 21.3 Å². The summed E-state index contributed by atoms with van der Waals surface area (Å²) >= 11 is 0. The van der Waals surface area contributed by atoms with Crippen molar-refractivity contribution in [3.63, 3.8) is 0 Å². The molecule has 66 valence electrons. The van der Waals surface area contributed by atoms with E-state index in [0.29, 0.717) is 0 Å². The molecule has 0 amide bonds. The minimum absolute atomic E-state index is 0. The average molecular weight is 158 g/mol. The lowest BCUT2D eigenvalue weighted by atomic mass is 10.4. The summed E-state index contributed by atoms with van der Waals surface area (Å²) in [6, 6.07) is 0. The van der Waals surface area contributed by atoms with Crippen LogP contribution in [0.1, 0.15) is 21.3 Å². The molecule has 0 rings (SSSR count). The van der Waals surface area contributed by atoms with Gasteiger partial charge in [-0.3, -0.25) is 4.79 Å². The van der Waals surface area contributed by atoms with Gasteiger partial charge in [0.25, 0.3) is 0 Å². The summed E-state index contributed by atoms with van der Waals surface area (Å²) < 4.78 is 4.53. The van der Waals surface area contributed by atoms with Crippen LogP contribution in [0.3, 0.4) is 0 Å². The van der Waals surface area contributed by atoms with E-state index in [1.54, 1.807) is 0 Å². The van der Waals surface area contributed by atoms with Gasteiger partial charge in [0.1, 0.15) is 6.61 Å². The maximum atomic E-state index is 10.3. The van der Waals surface area contributed by atoms with E-state index in [1.165, 1.54) is 12.3 Å². The molecule has 0 unspecified atom stereocenters.